The van der Waals surface area contributed by atoms with Crippen molar-refractivity contribution in [3.63, 3.8) is 0 Å². The molecule has 0 heterocycles. The van der Waals surface area contributed by atoms with Gasteiger partial charge in [-0.1, -0.05) is 65.7 Å². The summed E-state index contributed by atoms with van der Waals surface area (Å²) in [5.41, 5.74) is 3.02. The molecule has 9 heteroatoms. The van der Waals surface area contributed by atoms with Crippen molar-refractivity contribution in [3.05, 3.63) is 95.6 Å². The van der Waals surface area contributed by atoms with Gasteiger partial charge in [0.05, 0.1) is 9.79 Å². The second kappa shape index (κ2) is 12.1. The van der Waals surface area contributed by atoms with Gasteiger partial charge in [-0.3, -0.25) is 4.90 Å². The lowest BCUT2D eigenvalue weighted by Crippen LogP contribution is -2.47. The minimum atomic E-state index is -3.68. The second-order valence-corrected chi connectivity index (χ2v) is 12.8. The van der Waals surface area contributed by atoms with Crippen LogP contribution < -0.4 is 9.44 Å². The maximum Gasteiger partial charge on any atom is 0.240 e. The lowest BCUT2D eigenvalue weighted by Gasteiger charge is -2.29. The highest BCUT2D eigenvalue weighted by Crippen LogP contribution is 2.14. The minimum absolute atomic E-state index is 0.216. The Morgan fingerprint density at radius 3 is 1.42 bits per heavy atom. The van der Waals surface area contributed by atoms with Gasteiger partial charge in [-0.25, -0.2) is 26.3 Å². The van der Waals surface area contributed by atoms with E-state index in [0.29, 0.717) is 19.6 Å². The summed E-state index contributed by atoms with van der Waals surface area (Å²) in [7, 11) is -7.36. The van der Waals surface area contributed by atoms with Crippen molar-refractivity contribution in [2.24, 2.45) is 0 Å². The molecule has 0 amide bonds. The Labute approximate surface area is 215 Å². The Balaban J connectivity index is 1.71. The van der Waals surface area contributed by atoms with Gasteiger partial charge in [-0.05, 0) is 57.5 Å². The molecule has 7 nitrogen and oxygen atoms in total. The Bertz CT molecular complexity index is 1240. The summed E-state index contributed by atoms with van der Waals surface area (Å²) in [4.78, 5) is 2.49. The number of benzene rings is 3. The van der Waals surface area contributed by atoms with Crippen LogP contribution in [0.1, 0.15) is 30.5 Å². The summed E-state index contributed by atoms with van der Waals surface area (Å²) in [6.45, 7) is 8.78. The van der Waals surface area contributed by atoms with Crippen LogP contribution in [0.25, 0.3) is 0 Å². The number of hydrogen-bond acceptors (Lipinski definition) is 5. The molecule has 36 heavy (non-hydrogen) atoms. The third kappa shape index (κ3) is 8.25. The van der Waals surface area contributed by atoms with Crippen molar-refractivity contribution < 1.29 is 16.8 Å². The molecule has 0 unspecified atom stereocenters. The molecule has 0 fully saturated rings. The van der Waals surface area contributed by atoms with Crippen LogP contribution in [-0.2, 0) is 26.6 Å². The van der Waals surface area contributed by atoms with Gasteiger partial charge in [0.25, 0.3) is 0 Å². The number of nitrogens with one attached hydrogen (secondary N) is 2. The fourth-order valence-corrected chi connectivity index (χ4v) is 6.46. The van der Waals surface area contributed by atoms with Crippen LogP contribution in [0, 0.1) is 13.8 Å². The molecule has 2 atom stereocenters. The van der Waals surface area contributed by atoms with Crippen molar-refractivity contribution in [3.8, 4) is 0 Å². The molecule has 0 aliphatic carbocycles. The van der Waals surface area contributed by atoms with Gasteiger partial charge in [0, 0.05) is 31.7 Å². The molecule has 3 aromatic rings. The highest BCUT2D eigenvalue weighted by Gasteiger charge is 2.23. The van der Waals surface area contributed by atoms with Gasteiger partial charge in [-0.2, -0.15) is 0 Å². The topological polar surface area (TPSA) is 95.6 Å². The Morgan fingerprint density at radius 1 is 0.639 bits per heavy atom. The quantitative estimate of drug-likeness (QED) is 0.372. The summed E-state index contributed by atoms with van der Waals surface area (Å²) in [5.74, 6) is 0. The number of aryl methyl sites for hydroxylation is 2. The van der Waals surface area contributed by atoms with E-state index in [1.54, 1.807) is 48.5 Å². The minimum Gasteiger partial charge on any atom is -0.296 e. The van der Waals surface area contributed by atoms with E-state index in [2.05, 4.69) is 14.3 Å². The zero-order chi connectivity index (χ0) is 26.3. The van der Waals surface area contributed by atoms with E-state index in [0.717, 1.165) is 16.7 Å². The standard InChI is InChI=1S/C27H35N3O4S2/c1-21-10-14-26(15-11-21)35(31,32)28-23(3)18-30(20-25-8-6-5-7-9-25)19-24(4)29-36(33,34)27-16-12-22(2)13-17-27/h5-17,23-24,28-29H,18-20H2,1-4H3/t23-,24-/m0/s1. The van der Waals surface area contributed by atoms with Crippen molar-refractivity contribution in [2.75, 3.05) is 13.1 Å². The van der Waals surface area contributed by atoms with Crippen LogP contribution in [0.15, 0.2) is 88.7 Å². The molecule has 0 bridgehead atoms. The van der Waals surface area contributed by atoms with E-state index in [4.69, 9.17) is 0 Å². The molecule has 3 rings (SSSR count). The van der Waals surface area contributed by atoms with E-state index in [9.17, 15) is 16.8 Å². The molecule has 0 spiro atoms. The van der Waals surface area contributed by atoms with Gasteiger partial charge in [0.1, 0.15) is 0 Å². The van der Waals surface area contributed by atoms with Gasteiger partial charge in [-0.15, -0.1) is 0 Å². The molecule has 0 radical (unpaired) electrons. The predicted octanol–water partition coefficient (Wildman–Crippen LogP) is 3.84. The summed E-state index contributed by atoms with van der Waals surface area (Å²) >= 11 is 0. The molecule has 0 aliphatic rings. The monoisotopic (exact) mass is 529 g/mol. The SMILES string of the molecule is Cc1ccc(S(=O)(=O)N[C@@H](C)CN(Cc2ccccc2)C[C@H](C)NS(=O)(=O)c2ccc(C)cc2)cc1. The summed E-state index contributed by atoms with van der Waals surface area (Å²) in [6.07, 6.45) is 0. The first-order valence-electron chi connectivity index (χ1n) is 11.9. The lowest BCUT2D eigenvalue weighted by atomic mass is 10.2. The zero-order valence-electron chi connectivity index (χ0n) is 21.2. The normalized spacial score (nSPS) is 14.0. The second-order valence-electron chi connectivity index (χ2n) is 9.35. The highest BCUT2D eigenvalue weighted by atomic mass is 32.2. The Hall–Kier alpha value is -2.56. The maximum absolute atomic E-state index is 12.9. The third-order valence-corrected chi connectivity index (χ3v) is 8.90. The number of rotatable bonds is 12. The molecule has 2 N–H and O–H groups in total. The smallest absolute Gasteiger partial charge is 0.240 e. The average Bonchev–Trinajstić information content (AvgIpc) is 2.79. The van der Waals surface area contributed by atoms with Crippen molar-refractivity contribution in [2.45, 2.75) is 56.1 Å². The predicted molar refractivity (Wildman–Crippen MR) is 144 cm³/mol. The third-order valence-electron chi connectivity index (χ3n) is 5.69. The Kier molecular flexibility index (Phi) is 9.43. The zero-order valence-corrected chi connectivity index (χ0v) is 22.8. The van der Waals surface area contributed by atoms with Gasteiger partial charge in [0.15, 0.2) is 0 Å². The summed E-state index contributed by atoms with van der Waals surface area (Å²) < 4.78 is 57.0. The Morgan fingerprint density at radius 2 is 1.03 bits per heavy atom. The van der Waals surface area contributed by atoms with Gasteiger partial charge >= 0.3 is 0 Å². The van der Waals surface area contributed by atoms with E-state index in [-0.39, 0.29) is 9.79 Å². The number of sulfonamides is 2. The molecule has 0 aromatic heterocycles. The fraction of sp³-hybridized carbons (Fsp3) is 0.333. The first kappa shape index (κ1) is 28.0. The fourth-order valence-electron chi connectivity index (χ4n) is 4.00. The first-order chi connectivity index (χ1) is 16.9. The van der Waals surface area contributed by atoms with Crippen molar-refractivity contribution in [1.29, 1.82) is 0 Å². The first-order valence-corrected chi connectivity index (χ1v) is 14.9. The summed E-state index contributed by atoms with van der Waals surface area (Å²) in [5, 5.41) is 0. The van der Waals surface area contributed by atoms with E-state index in [1.165, 1.54) is 0 Å². The molecule has 0 saturated carbocycles. The molecule has 0 saturated heterocycles. The van der Waals surface area contributed by atoms with E-state index >= 15 is 0 Å². The number of hydrogen-bond donors (Lipinski definition) is 2. The molecule has 194 valence electrons. The van der Waals surface area contributed by atoms with Crippen molar-refractivity contribution >= 4 is 20.0 Å². The number of nitrogens with zero attached hydrogens (tertiary/aromatic N) is 1. The lowest BCUT2D eigenvalue weighted by molar-refractivity contribution is 0.232. The van der Waals surface area contributed by atoms with Crippen molar-refractivity contribution in [1.82, 2.24) is 14.3 Å². The largest absolute Gasteiger partial charge is 0.296 e. The molecular weight excluding hydrogens is 494 g/mol. The van der Waals surface area contributed by atoms with Crippen LogP contribution >= 0.6 is 0 Å². The van der Waals surface area contributed by atoms with E-state index in [1.807, 2.05) is 58.0 Å². The van der Waals surface area contributed by atoms with Gasteiger partial charge < -0.3 is 0 Å². The maximum atomic E-state index is 12.9. The van der Waals surface area contributed by atoms with Crippen LogP contribution in [-0.4, -0.2) is 46.9 Å². The summed E-state index contributed by atoms with van der Waals surface area (Å²) in [6, 6.07) is 22.4. The van der Waals surface area contributed by atoms with E-state index < -0.39 is 32.1 Å². The molecular formula is C27H35N3O4S2. The van der Waals surface area contributed by atoms with Crippen LogP contribution in [0.3, 0.4) is 0 Å². The molecule has 3 aromatic carbocycles. The van der Waals surface area contributed by atoms with Gasteiger partial charge in [0.2, 0.25) is 20.0 Å². The van der Waals surface area contributed by atoms with Crippen LogP contribution in [0.5, 0.6) is 0 Å². The highest BCUT2D eigenvalue weighted by molar-refractivity contribution is 7.89. The van der Waals surface area contributed by atoms with Crippen LogP contribution in [0.2, 0.25) is 0 Å². The average molecular weight is 530 g/mol. The molecule has 0 aliphatic heterocycles. The van der Waals surface area contributed by atoms with Crippen LogP contribution in [0.4, 0.5) is 0 Å².